The van der Waals surface area contributed by atoms with Crippen LogP contribution in [0.25, 0.3) is 0 Å². The molecule has 1 aliphatic rings. The second-order valence-electron chi connectivity index (χ2n) is 3.50. The molecule has 0 aromatic rings. The molecule has 1 rings (SSSR count). The topological polar surface area (TPSA) is 0 Å². The summed E-state index contributed by atoms with van der Waals surface area (Å²) >= 11 is 0. The summed E-state index contributed by atoms with van der Waals surface area (Å²) in [6.45, 7) is 8.60. The zero-order chi connectivity index (χ0) is 6.85. The van der Waals surface area contributed by atoms with E-state index in [0.29, 0.717) is 0 Å². The van der Waals surface area contributed by atoms with Crippen LogP contribution >= 0.6 is 0 Å². The fraction of sp³-hybridized carbons (Fsp3) is 0.778. The Balaban J connectivity index is 2.39. The van der Waals surface area contributed by atoms with Gasteiger partial charge in [-0.2, -0.15) is 0 Å². The Hall–Kier alpha value is -0.260. The molecule has 0 unspecified atom stereocenters. The lowest BCUT2D eigenvalue weighted by atomic mass is 9.94. The molecule has 1 atom stereocenters. The van der Waals surface area contributed by atoms with Crippen molar-refractivity contribution in [2.45, 2.75) is 33.1 Å². The quantitative estimate of drug-likeness (QED) is 0.471. The van der Waals surface area contributed by atoms with Crippen molar-refractivity contribution in [2.75, 3.05) is 0 Å². The Labute approximate surface area is 58.0 Å². The first-order valence-electron chi connectivity index (χ1n) is 3.87. The molecular weight excluding hydrogens is 108 g/mol. The van der Waals surface area contributed by atoms with E-state index in [2.05, 4.69) is 20.4 Å². The third-order valence-electron chi connectivity index (χ3n) is 2.36. The number of hydrogen-bond donors (Lipinski definition) is 0. The highest BCUT2D eigenvalue weighted by atomic mass is 14.3. The van der Waals surface area contributed by atoms with Crippen LogP contribution in [-0.2, 0) is 0 Å². The summed E-state index contributed by atoms with van der Waals surface area (Å²) in [5, 5.41) is 0. The highest BCUT2D eigenvalue weighted by Gasteiger charge is 2.20. The van der Waals surface area contributed by atoms with Crippen LogP contribution in [0.1, 0.15) is 33.1 Å². The van der Waals surface area contributed by atoms with Crippen LogP contribution in [0.15, 0.2) is 12.2 Å². The first-order chi connectivity index (χ1) is 4.20. The fourth-order valence-electron chi connectivity index (χ4n) is 1.53. The van der Waals surface area contributed by atoms with E-state index in [1.807, 2.05) is 0 Å². The van der Waals surface area contributed by atoms with E-state index in [9.17, 15) is 0 Å². The van der Waals surface area contributed by atoms with Gasteiger partial charge in [0.25, 0.3) is 0 Å². The summed E-state index contributed by atoms with van der Waals surface area (Å²) in [6, 6.07) is 0. The van der Waals surface area contributed by atoms with Crippen molar-refractivity contribution in [3.05, 3.63) is 12.2 Å². The van der Waals surface area contributed by atoms with Crippen LogP contribution < -0.4 is 0 Å². The third-order valence-corrected chi connectivity index (χ3v) is 2.36. The van der Waals surface area contributed by atoms with Gasteiger partial charge >= 0.3 is 0 Å². The van der Waals surface area contributed by atoms with Crippen molar-refractivity contribution in [2.24, 2.45) is 11.8 Å². The van der Waals surface area contributed by atoms with Crippen molar-refractivity contribution in [3.63, 3.8) is 0 Å². The summed E-state index contributed by atoms with van der Waals surface area (Å²) in [6.07, 6.45) is 3.96. The summed E-state index contributed by atoms with van der Waals surface area (Å²) in [4.78, 5) is 0. The van der Waals surface area contributed by atoms with Crippen LogP contribution in [0.2, 0.25) is 0 Å². The molecular formula is C9H16. The molecule has 0 spiro atoms. The maximum absolute atomic E-state index is 3.99. The number of hydrogen-bond acceptors (Lipinski definition) is 0. The van der Waals surface area contributed by atoms with Crippen LogP contribution in [-0.4, -0.2) is 0 Å². The molecule has 0 saturated heterocycles. The van der Waals surface area contributed by atoms with Gasteiger partial charge in [0.15, 0.2) is 0 Å². The van der Waals surface area contributed by atoms with Gasteiger partial charge in [-0.15, -0.1) is 0 Å². The zero-order valence-electron chi connectivity index (χ0n) is 6.48. The minimum Gasteiger partial charge on any atom is -0.0999 e. The summed E-state index contributed by atoms with van der Waals surface area (Å²) < 4.78 is 0. The Kier molecular flexibility index (Phi) is 1.94. The van der Waals surface area contributed by atoms with E-state index in [-0.39, 0.29) is 0 Å². The van der Waals surface area contributed by atoms with Gasteiger partial charge in [-0.25, -0.2) is 0 Å². The Morgan fingerprint density at radius 2 is 2.22 bits per heavy atom. The molecule has 0 nitrogen and oxygen atoms in total. The average molecular weight is 124 g/mol. The van der Waals surface area contributed by atoms with E-state index in [1.165, 1.54) is 24.8 Å². The summed E-state index contributed by atoms with van der Waals surface area (Å²) in [7, 11) is 0. The van der Waals surface area contributed by atoms with Crippen LogP contribution in [0, 0.1) is 11.8 Å². The molecule has 0 aromatic carbocycles. The van der Waals surface area contributed by atoms with Crippen molar-refractivity contribution in [1.82, 2.24) is 0 Å². The molecule has 0 amide bonds. The maximum atomic E-state index is 3.99. The molecule has 1 saturated carbocycles. The van der Waals surface area contributed by atoms with Gasteiger partial charge < -0.3 is 0 Å². The van der Waals surface area contributed by atoms with Crippen LogP contribution in [0.5, 0.6) is 0 Å². The van der Waals surface area contributed by atoms with E-state index >= 15 is 0 Å². The zero-order valence-corrected chi connectivity index (χ0v) is 6.48. The molecule has 0 bridgehead atoms. The first kappa shape index (κ1) is 6.85. The lowest BCUT2D eigenvalue weighted by Crippen LogP contribution is -2.01. The molecule has 52 valence electrons. The maximum Gasteiger partial charge on any atom is -0.0292 e. The van der Waals surface area contributed by atoms with Crippen LogP contribution in [0.3, 0.4) is 0 Å². The normalized spacial score (nSPS) is 27.9. The average Bonchev–Trinajstić information content (AvgIpc) is 2.14. The van der Waals surface area contributed by atoms with Gasteiger partial charge in [0.05, 0.1) is 0 Å². The second-order valence-corrected chi connectivity index (χ2v) is 3.50. The van der Waals surface area contributed by atoms with Crippen molar-refractivity contribution in [3.8, 4) is 0 Å². The van der Waals surface area contributed by atoms with Gasteiger partial charge in [0, 0.05) is 0 Å². The smallest absolute Gasteiger partial charge is 0.0292 e. The standard InChI is InChI=1S/C9H16/c1-7(2)9-5-4-8(3)6-9/h7,9H,3-6H2,1-2H3/t9-/m1/s1. The van der Waals surface area contributed by atoms with Crippen LogP contribution in [0.4, 0.5) is 0 Å². The van der Waals surface area contributed by atoms with E-state index in [1.54, 1.807) is 0 Å². The SMILES string of the molecule is C=C1CC[C@@H](C(C)C)C1. The van der Waals surface area contributed by atoms with Gasteiger partial charge in [0.2, 0.25) is 0 Å². The fourth-order valence-corrected chi connectivity index (χ4v) is 1.53. The summed E-state index contributed by atoms with van der Waals surface area (Å²) in [5.41, 5.74) is 1.47. The molecule has 0 heterocycles. The highest BCUT2D eigenvalue weighted by Crippen LogP contribution is 2.33. The molecule has 0 N–H and O–H groups in total. The molecule has 1 fully saturated rings. The number of rotatable bonds is 1. The Morgan fingerprint density at radius 1 is 1.56 bits per heavy atom. The third kappa shape index (κ3) is 1.57. The number of allylic oxidation sites excluding steroid dienone is 1. The second kappa shape index (κ2) is 2.55. The monoisotopic (exact) mass is 124 g/mol. The van der Waals surface area contributed by atoms with Gasteiger partial charge in [-0.05, 0) is 31.1 Å². The molecule has 0 aromatic heterocycles. The molecule has 0 radical (unpaired) electrons. The molecule has 1 aliphatic carbocycles. The predicted octanol–water partition coefficient (Wildman–Crippen LogP) is 3.00. The Morgan fingerprint density at radius 3 is 2.44 bits per heavy atom. The highest BCUT2D eigenvalue weighted by molar-refractivity contribution is 5.02. The van der Waals surface area contributed by atoms with E-state index < -0.39 is 0 Å². The van der Waals surface area contributed by atoms with E-state index in [0.717, 1.165) is 11.8 Å². The van der Waals surface area contributed by atoms with Crippen molar-refractivity contribution >= 4 is 0 Å². The van der Waals surface area contributed by atoms with Gasteiger partial charge in [0.1, 0.15) is 0 Å². The Bertz CT molecular complexity index is 111. The molecule has 0 aliphatic heterocycles. The minimum absolute atomic E-state index is 0.865. The first-order valence-corrected chi connectivity index (χ1v) is 3.87. The summed E-state index contributed by atoms with van der Waals surface area (Å²) in [5.74, 6) is 1.81. The lowest BCUT2D eigenvalue weighted by Gasteiger charge is -2.11. The lowest BCUT2D eigenvalue weighted by molar-refractivity contribution is 0.401. The van der Waals surface area contributed by atoms with Crippen molar-refractivity contribution in [1.29, 1.82) is 0 Å². The minimum atomic E-state index is 0.865. The molecule has 9 heavy (non-hydrogen) atoms. The van der Waals surface area contributed by atoms with Gasteiger partial charge in [-0.3, -0.25) is 0 Å². The van der Waals surface area contributed by atoms with E-state index in [4.69, 9.17) is 0 Å². The molecule has 0 heteroatoms. The van der Waals surface area contributed by atoms with Crippen molar-refractivity contribution < 1.29 is 0 Å². The van der Waals surface area contributed by atoms with Gasteiger partial charge in [-0.1, -0.05) is 26.0 Å². The predicted molar refractivity (Wildman–Crippen MR) is 41.3 cm³/mol. The largest absolute Gasteiger partial charge is 0.0999 e.